The van der Waals surface area contributed by atoms with Gasteiger partial charge in [0.05, 0.1) is 12.8 Å². The van der Waals surface area contributed by atoms with Gasteiger partial charge in [-0.1, -0.05) is 32.1 Å². The molecule has 198 valence electrons. The summed E-state index contributed by atoms with van der Waals surface area (Å²) < 4.78 is 5.54. The first-order chi connectivity index (χ1) is 17.8. The first kappa shape index (κ1) is 27.1. The van der Waals surface area contributed by atoms with Gasteiger partial charge < -0.3 is 19.9 Å². The number of aromatic nitrogens is 2. The van der Waals surface area contributed by atoms with Gasteiger partial charge in [-0.15, -0.1) is 0 Å². The molecule has 1 heterocycles. The number of hydrogen-bond donors (Lipinski definition) is 2. The molecule has 1 aromatic heterocycles. The summed E-state index contributed by atoms with van der Waals surface area (Å²) in [4.78, 5) is 22.4. The predicted octanol–water partition coefficient (Wildman–Crippen LogP) is 6.12. The van der Waals surface area contributed by atoms with Gasteiger partial charge in [0, 0.05) is 30.4 Å². The van der Waals surface area contributed by atoms with Gasteiger partial charge in [-0.25, -0.2) is 4.98 Å². The summed E-state index contributed by atoms with van der Waals surface area (Å²) in [5.41, 5.74) is 5.08. The normalized spacial score (nSPS) is 21.4. The maximum Gasteiger partial charge on any atom is 0.291 e. The molecule has 7 heteroatoms. The molecule has 1 fully saturated rings. The molecule has 1 aromatic carbocycles. The molecular weight excluding hydrogens is 462 g/mol. The summed E-state index contributed by atoms with van der Waals surface area (Å²) in [7, 11) is 2.21. The number of rotatable bonds is 9. The highest BCUT2D eigenvalue weighted by atomic mass is 16.5. The number of aromatic amines is 1. The van der Waals surface area contributed by atoms with Gasteiger partial charge in [-0.2, -0.15) is 5.26 Å². The lowest BCUT2D eigenvalue weighted by Crippen LogP contribution is -2.37. The Morgan fingerprint density at radius 3 is 2.73 bits per heavy atom. The van der Waals surface area contributed by atoms with Crippen molar-refractivity contribution in [1.82, 2.24) is 14.9 Å². The summed E-state index contributed by atoms with van der Waals surface area (Å²) >= 11 is 0. The zero-order chi connectivity index (χ0) is 26.4. The van der Waals surface area contributed by atoms with E-state index in [-0.39, 0.29) is 17.4 Å². The largest absolute Gasteiger partial charge is 0.380 e. The first-order valence-electron chi connectivity index (χ1n) is 13.7. The molecule has 1 saturated carbocycles. The zero-order valence-corrected chi connectivity index (χ0v) is 22.8. The van der Waals surface area contributed by atoms with Crippen molar-refractivity contribution in [1.29, 1.82) is 5.26 Å². The number of nitrogens with zero attached hydrogens (tertiary/aromatic N) is 3. The van der Waals surface area contributed by atoms with Crippen LogP contribution in [0.15, 0.2) is 30.5 Å². The Morgan fingerprint density at radius 2 is 2.08 bits per heavy atom. The molecule has 2 aliphatic rings. The Bertz CT molecular complexity index is 1150. The predicted molar refractivity (Wildman–Crippen MR) is 147 cm³/mol. The van der Waals surface area contributed by atoms with Crippen LogP contribution in [-0.2, 0) is 4.74 Å². The molecule has 2 N–H and O–H groups in total. The topological polar surface area (TPSA) is 94.0 Å². The maximum atomic E-state index is 13.0. The minimum Gasteiger partial charge on any atom is -0.380 e. The van der Waals surface area contributed by atoms with Crippen LogP contribution in [0.5, 0.6) is 0 Å². The summed E-state index contributed by atoms with van der Waals surface area (Å²) in [6.07, 6.45) is 11.5. The monoisotopic (exact) mass is 503 g/mol. The highest BCUT2D eigenvalue weighted by molar-refractivity contribution is 6.03. The molecule has 0 radical (unpaired) electrons. The number of hydrogen-bond acceptors (Lipinski definition) is 5. The smallest absolute Gasteiger partial charge is 0.291 e. The van der Waals surface area contributed by atoms with Crippen molar-refractivity contribution in [2.75, 3.05) is 32.1 Å². The Balaban J connectivity index is 1.52. The maximum absolute atomic E-state index is 13.0. The average molecular weight is 504 g/mol. The Labute approximate surface area is 221 Å². The lowest BCUT2D eigenvalue weighted by atomic mass is 9.76. The highest BCUT2D eigenvalue weighted by Gasteiger charge is 2.27. The average Bonchev–Trinajstić information content (AvgIpc) is 3.39. The number of benzene rings is 1. The van der Waals surface area contributed by atoms with Crippen LogP contribution in [0.2, 0.25) is 0 Å². The molecule has 2 aliphatic carbocycles. The van der Waals surface area contributed by atoms with Gasteiger partial charge in [0.15, 0.2) is 5.82 Å². The molecule has 0 saturated heterocycles. The minimum absolute atomic E-state index is 0.155. The first-order valence-corrected chi connectivity index (χ1v) is 13.7. The second kappa shape index (κ2) is 12.1. The van der Waals surface area contributed by atoms with Crippen LogP contribution in [0, 0.1) is 16.7 Å². The molecule has 2 aromatic rings. The molecule has 1 amide bonds. The summed E-state index contributed by atoms with van der Waals surface area (Å²) in [5.74, 6) is 0.313. The van der Waals surface area contributed by atoms with Crippen LogP contribution in [0.3, 0.4) is 0 Å². The van der Waals surface area contributed by atoms with Crippen molar-refractivity contribution in [2.45, 2.75) is 77.7 Å². The summed E-state index contributed by atoms with van der Waals surface area (Å²) in [6.45, 7) is 9.18. The van der Waals surface area contributed by atoms with Crippen molar-refractivity contribution in [3.63, 3.8) is 0 Å². The number of imidazole rings is 1. The number of likely N-dealkylation sites (N-methyl/N-ethyl adjacent to an activating group) is 1. The number of nitriles is 1. The van der Waals surface area contributed by atoms with Gasteiger partial charge in [-0.05, 0) is 87.5 Å². The van der Waals surface area contributed by atoms with Gasteiger partial charge in [0.1, 0.15) is 11.8 Å². The third kappa shape index (κ3) is 6.88. The standard InChI is InChI=1S/C30H41N5O2/c1-5-37-17-16-35(4)25-9-6-21(7-10-25)23-8-11-26(22-12-14-30(2,3)15-13-22)27(18-23)34-29(36)28-32-20-24(19-31)33-28/h8,11-12,18,20-21,25H,5-7,9-10,13-17H2,1-4H3,(H,32,33)(H,34,36). The quantitative estimate of drug-likeness (QED) is 0.402. The van der Waals surface area contributed by atoms with E-state index >= 15 is 0 Å². The summed E-state index contributed by atoms with van der Waals surface area (Å²) in [6, 6.07) is 9.22. The van der Waals surface area contributed by atoms with E-state index in [9.17, 15) is 4.79 Å². The summed E-state index contributed by atoms with van der Waals surface area (Å²) in [5, 5.41) is 12.2. The van der Waals surface area contributed by atoms with E-state index in [0.29, 0.717) is 17.4 Å². The van der Waals surface area contributed by atoms with Gasteiger partial charge in [0.2, 0.25) is 0 Å². The van der Waals surface area contributed by atoms with Crippen LogP contribution in [-0.4, -0.2) is 53.6 Å². The molecule has 37 heavy (non-hydrogen) atoms. The third-order valence-electron chi connectivity index (χ3n) is 8.11. The molecule has 0 aliphatic heterocycles. The van der Waals surface area contributed by atoms with Gasteiger partial charge in [0.25, 0.3) is 5.91 Å². The number of amides is 1. The second-order valence-corrected chi connectivity index (χ2v) is 11.3. The van der Waals surface area contributed by atoms with Gasteiger partial charge in [-0.3, -0.25) is 4.79 Å². The van der Waals surface area contributed by atoms with E-state index in [1.54, 1.807) is 0 Å². The van der Waals surface area contributed by atoms with E-state index in [2.05, 4.69) is 65.4 Å². The molecule has 0 unspecified atom stereocenters. The second-order valence-electron chi connectivity index (χ2n) is 11.3. The third-order valence-corrected chi connectivity index (χ3v) is 8.11. The lowest BCUT2D eigenvalue weighted by Gasteiger charge is -2.35. The number of H-pyrrole nitrogens is 1. The van der Waals surface area contributed by atoms with E-state index in [1.807, 2.05) is 13.0 Å². The number of nitrogens with one attached hydrogen (secondary N) is 2. The van der Waals surface area contributed by atoms with Crippen LogP contribution < -0.4 is 5.32 Å². The van der Waals surface area contributed by atoms with Crippen molar-refractivity contribution in [3.05, 3.63) is 53.1 Å². The van der Waals surface area contributed by atoms with Crippen LogP contribution in [0.1, 0.15) is 99.1 Å². The molecule has 0 bridgehead atoms. The number of ether oxygens (including phenoxy) is 1. The Morgan fingerprint density at radius 1 is 1.30 bits per heavy atom. The van der Waals surface area contributed by atoms with Crippen LogP contribution in [0.25, 0.3) is 5.57 Å². The van der Waals surface area contributed by atoms with E-state index in [0.717, 1.165) is 63.1 Å². The van der Waals surface area contributed by atoms with E-state index in [4.69, 9.17) is 10.00 Å². The van der Waals surface area contributed by atoms with Crippen molar-refractivity contribution in [2.24, 2.45) is 5.41 Å². The SMILES string of the molecule is CCOCCN(C)C1CCC(c2ccc(C3=CCC(C)(C)CC3)c(NC(=O)c3ncc(C#N)[nH]3)c2)CC1. The van der Waals surface area contributed by atoms with Gasteiger partial charge >= 0.3 is 0 Å². The number of carbonyl (C=O) groups is 1. The molecule has 7 nitrogen and oxygen atoms in total. The fourth-order valence-electron chi connectivity index (χ4n) is 5.58. The fourth-order valence-corrected chi connectivity index (χ4v) is 5.58. The van der Waals surface area contributed by atoms with Crippen molar-refractivity contribution < 1.29 is 9.53 Å². The molecule has 0 spiro atoms. The van der Waals surface area contributed by atoms with E-state index < -0.39 is 0 Å². The Hall–Kier alpha value is -2.95. The lowest BCUT2D eigenvalue weighted by molar-refractivity contribution is 0.0955. The van der Waals surface area contributed by atoms with Crippen molar-refractivity contribution >= 4 is 17.2 Å². The molecular formula is C30H41N5O2. The van der Waals surface area contributed by atoms with E-state index in [1.165, 1.54) is 30.2 Å². The number of allylic oxidation sites excluding steroid dienone is 2. The zero-order valence-electron chi connectivity index (χ0n) is 22.8. The molecule has 0 atom stereocenters. The van der Waals surface area contributed by atoms with Crippen molar-refractivity contribution in [3.8, 4) is 6.07 Å². The van der Waals surface area contributed by atoms with Crippen LogP contribution in [0.4, 0.5) is 5.69 Å². The fraction of sp³-hybridized carbons (Fsp3) is 0.567. The van der Waals surface area contributed by atoms with Crippen LogP contribution >= 0.6 is 0 Å². The Kier molecular flexibility index (Phi) is 8.83. The minimum atomic E-state index is -0.323. The highest BCUT2D eigenvalue weighted by Crippen LogP contribution is 2.42. The number of carbonyl (C=O) groups excluding carboxylic acids is 1. The number of anilines is 1. The molecule has 4 rings (SSSR count).